The fourth-order valence-electron chi connectivity index (χ4n) is 2.03. The van der Waals surface area contributed by atoms with Crippen molar-refractivity contribution in [3.8, 4) is 0 Å². The third-order valence-corrected chi connectivity index (χ3v) is 4.02. The molecule has 1 N–H and O–H groups in total. The molecule has 0 radical (unpaired) electrons. The van der Waals surface area contributed by atoms with Gasteiger partial charge >= 0.3 is 0 Å². The summed E-state index contributed by atoms with van der Waals surface area (Å²) in [6.45, 7) is 3.62. The molecule has 19 heavy (non-hydrogen) atoms. The van der Waals surface area contributed by atoms with Crippen molar-refractivity contribution < 1.29 is 9.59 Å². The number of halogens is 2. The maximum absolute atomic E-state index is 12.0. The van der Waals surface area contributed by atoms with Crippen molar-refractivity contribution >= 4 is 35.0 Å². The van der Waals surface area contributed by atoms with Crippen molar-refractivity contribution in [2.75, 3.05) is 6.54 Å². The lowest BCUT2D eigenvalue weighted by Crippen LogP contribution is -2.63. The van der Waals surface area contributed by atoms with E-state index in [-0.39, 0.29) is 24.9 Å². The van der Waals surface area contributed by atoms with E-state index in [1.807, 2.05) is 0 Å². The Kier molecular flexibility index (Phi) is 3.74. The molecule has 6 heteroatoms. The van der Waals surface area contributed by atoms with Gasteiger partial charge in [-0.05, 0) is 26.0 Å². The lowest BCUT2D eigenvalue weighted by molar-refractivity contribution is -0.152. The number of piperazine rings is 1. The zero-order valence-electron chi connectivity index (χ0n) is 10.7. The Morgan fingerprint density at radius 2 is 1.84 bits per heavy atom. The van der Waals surface area contributed by atoms with E-state index in [4.69, 9.17) is 23.2 Å². The molecule has 0 atom stereocenters. The zero-order chi connectivity index (χ0) is 14.2. The Morgan fingerprint density at radius 1 is 1.26 bits per heavy atom. The number of hydrogen-bond donors (Lipinski definition) is 1. The molecule has 1 aliphatic rings. The Labute approximate surface area is 121 Å². The zero-order valence-corrected chi connectivity index (χ0v) is 12.2. The molecule has 0 aliphatic carbocycles. The van der Waals surface area contributed by atoms with Crippen molar-refractivity contribution in [3.63, 3.8) is 0 Å². The molecule has 1 saturated heterocycles. The SMILES string of the molecule is CC1(C)C(=O)NCC(=O)N1Cc1c(Cl)cccc1Cl. The molecule has 1 aliphatic heterocycles. The maximum atomic E-state index is 12.0. The van der Waals surface area contributed by atoms with Crippen LogP contribution in [-0.2, 0) is 16.1 Å². The van der Waals surface area contributed by atoms with Crippen molar-refractivity contribution in [1.29, 1.82) is 0 Å². The van der Waals surface area contributed by atoms with Gasteiger partial charge in [0.1, 0.15) is 5.54 Å². The van der Waals surface area contributed by atoms with Gasteiger partial charge in [0.15, 0.2) is 0 Å². The number of nitrogens with one attached hydrogen (secondary N) is 1. The standard InChI is InChI=1S/C13H14Cl2N2O2/c1-13(2)12(19)16-6-11(18)17(13)7-8-9(14)4-3-5-10(8)15/h3-5H,6-7H2,1-2H3,(H,16,19). The number of carbonyl (C=O) groups is 2. The highest BCUT2D eigenvalue weighted by atomic mass is 35.5. The number of benzene rings is 1. The summed E-state index contributed by atoms with van der Waals surface area (Å²) in [6.07, 6.45) is 0. The van der Waals surface area contributed by atoms with Crippen LogP contribution >= 0.6 is 23.2 Å². The molecule has 1 aromatic rings. The third kappa shape index (κ3) is 2.55. The second-order valence-corrected chi connectivity index (χ2v) is 5.74. The van der Waals surface area contributed by atoms with Gasteiger partial charge < -0.3 is 10.2 Å². The van der Waals surface area contributed by atoms with Crippen LogP contribution in [0.15, 0.2) is 18.2 Å². The van der Waals surface area contributed by atoms with E-state index < -0.39 is 5.54 Å². The van der Waals surface area contributed by atoms with Crippen molar-refractivity contribution in [3.05, 3.63) is 33.8 Å². The Bertz CT molecular complexity index is 523. The van der Waals surface area contributed by atoms with Crippen LogP contribution in [0.2, 0.25) is 10.0 Å². The predicted octanol–water partition coefficient (Wildman–Crippen LogP) is 2.23. The molecule has 102 valence electrons. The van der Waals surface area contributed by atoms with E-state index in [9.17, 15) is 9.59 Å². The van der Waals surface area contributed by atoms with E-state index in [2.05, 4.69) is 5.32 Å². The molecule has 0 spiro atoms. The third-order valence-electron chi connectivity index (χ3n) is 3.31. The first-order valence-electron chi connectivity index (χ1n) is 5.85. The smallest absolute Gasteiger partial charge is 0.245 e. The van der Waals surface area contributed by atoms with Crippen LogP contribution in [0.5, 0.6) is 0 Å². The minimum atomic E-state index is -0.919. The average molecular weight is 301 g/mol. The van der Waals surface area contributed by atoms with Crippen LogP contribution in [0.25, 0.3) is 0 Å². The summed E-state index contributed by atoms with van der Waals surface area (Å²) in [5.41, 5.74) is -0.264. The maximum Gasteiger partial charge on any atom is 0.245 e. The summed E-state index contributed by atoms with van der Waals surface area (Å²) in [5, 5.41) is 3.55. The van der Waals surface area contributed by atoms with Gasteiger partial charge in [-0.15, -0.1) is 0 Å². The topological polar surface area (TPSA) is 49.4 Å². The summed E-state index contributed by atoms with van der Waals surface area (Å²) < 4.78 is 0. The van der Waals surface area contributed by atoms with Crippen molar-refractivity contribution in [2.24, 2.45) is 0 Å². The molecule has 2 rings (SSSR count). The predicted molar refractivity (Wildman–Crippen MR) is 74.1 cm³/mol. The molecule has 0 bridgehead atoms. The van der Waals surface area contributed by atoms with Crippen LogP contribution < -0.4 is 5.32 Å². The van der Waals surface area contributed by atoms with E-state index in [1.54, 1.807) is 32.0 Å². The first kappa shape index (κ1) is 14.2. The van der Waals surface area contributed by atoms with E-state index in [1.165, 1.54) is 4.90 Å². The average Bonchev–Trinajstić information content (AvgIpc) is 2.33. The second kappa shape index (κ2) is 5.02. The molecule has 0 aromatic heterocycles. The largest absolute Gasteiger partial charge is 0.345 e. The summed E-state index contributed by atoms with van der Waals surface area (Å²) in [6, 6.07) is 5.17. The van der Waals surface area contributed by atoms with Gasteiger partial charge in [-0.1, -0.05) is 29.3 Å². The van der Waals surface area contributed by atoms with Gasteiger partial charge in [0.25, 0.3) is 0 Å². The van der Waals surface area contributed by atoms with Crippen molar-refractivity contribution in [1.82, 2.24) is 10.2 Å². The summed E-state index contributed by atoms with van der Waals surface area (Å²) in [4.78, 5) is 25.4. The van der Waals surface area contributed by atoms with Gasteiger partial charge in [0.05, 0.1) is 6.54 Å². The lowest BCUT2D eigenvalue weighted by Gasteiger charge is -2.41. The normalized spacial score (nSPS) is 18.4. The Morgan fingerprint density at radius 3 is 2.42 bits per heavy atom. The van der Waals surface area contributed by atoms with Gasteiger partial charge in [-0.2, -0.15) is 0 Å². The first-order valence-corrected chi connectivity index (χ1v) is 6.61. The van der Waals surface area contributed by atoms with E-state index in [0.29, 0.717) is 15.6 Å². The fourth-order valence-corrected chi connectivity index (χ4v) is 2.55. The highest BCUT2D eigenvalue weighted by Gasteiger charge is 2.41. The van der Waals surface area contributed by atoms with Crippen molar-refractivity contribution in [2.45, 2.75) is 25.9 Å². The van der Waals surface area contributed by atoms with E-state index >= 15 is 0 Å². The fraction of sp³-hybridized carbons (Fsp3) is 0.385. The van der Waals surface area contributed by atoms with Crippen LogP contribution in [0.3, 0.4) is 0 Å². The molecule has 0 unspecified atom stereocenters. The second-order valence-electron chi connectivity index (χ2n) is 4.92. The number of carbonyl (C=O) groups excluding carboxylic acids is 2. The molecular weight excluding hydrogens is 287 g/mol. The van der Waals surface area contributed by atoms with Crippen LogP contribution in [0, 0.1) is 0 Å². The van der Waals surface area contributed by atoms with E-state index in [0.717, 1.165) is 0 Å². The molecule has 0 saturated carbocycles. The highest BCUT2D eigenvalue weighted by molar-refractivity contribution is 6.36. The van der Waals surface area contributed by atoms with Gasteiger partial charge in [0, 0.05) is 22.2 Å². The molecule has 1 heterocycles. The summed E-state index contributed by atoms with van der Waals surface area (Å²) in [7, 11) is 0. The minimum absolute atomic E-state index is 0.00430. The number of amides is 2. The molecule has 2 amide bonds. The number of rotatable bonds is 2. The van der Waals surface area contributed by atoms with Crippen LogP contribution in [0.1, 0.15) is 19.4 Å². The summed E-state index contributed by atoms with van der Waals surface area (Å²) >= 11 is 12.2. The first-order chi connectivity index (χ1) is 8.84. The van der Waals surface area contributed by atoms with Crippen LogP contribution in [-0.4, -0.2) is 28.8 Å². The van der Waals surface area contributed by atoms with Gasteiger partial charge in [0.2, 0.25) is 11.8 Å². The molecular formula is C13H14Cl2N2O2. The van der Waals surface area contributed by atoms with Gasteiger partial charge in [-0.3, -0.25) is 9.59 Å². The number of hydrogen-bond acceptors (Lipinski definition) is 2. The minimum Gasteiger partial charge on any atom is -0.345 e. The number of nitrogens with zero attached hydrogens (tertiary/aromatic N) is 1. The quantitative estimate of drug-likeness (QED) is 0.910. The monoisotopic (exact) mass is 300 g/mol. The highest BCUT2D eigenvalue weighted by Crippen LogP contribution is 2.29. The summed E-state index contributed by atoms with van der Waals surface area (Å²) in [5.74, 6) is -0.337. The Hall–Kier alpha value is -1.26. The van der Waals surface area contributed by atoms with Crippen LogP contribution in [0.4, 0.5) is 0 Å². The molecule has 1 aromatic carbocycles. The Balaban J connectivity index is 2.35. The molecule has 1 fully saturated rings. The molecule has 4 nitrogen and oxygen atoms in total. The van der Waals surface area contributed by atoms with Gasteiger partial charge in [-0.25, -0.2) is 0 Å². The lowest BCUT2D eigenvalue weighted by atomic mass is 9.97.